The van der Waals surface area contributed by atoms with Crippen molar-refractivity contribution in [1.82, 2.24) is 9.29 Å². The van der Waals surface area contributed by atoms with Gasteiger partial charge in [0.05, 0.1) is 16.8 Å². The van der Waals surface area contributed by atoms with E-state index in [1.807, 2.05) is 25.1 Å². The number of rotatable bonds is 5. The van der Waals surface area contributed by atoms with Crippen LogP contribution in [0.15, 0.2) is 18.2 Å². The number of nitrogens with one attached hydrogen (secondary N) is 1. The van der Waals surface area contributed by atoms with E-state index in [0.717, 1.165) is 20.1 Å². The van der Waals surface area contributed by atoms with Crippen LogP contribution in [-0.4, -0.2) is 43.1 Å². The van der Waals surface area contributed by atoms with Crippen molar-refractivity contribution in [2.75, 3.05) is 24.8 Å². The Kier molecular flexibility index (Phi) is 4.57. The molecule has 2 aromatic rings. The monoisotopic (exact) mass is 328 g/mol. The fourth-order valence-electron chi connectivity index (χ4n) is 1.67. The summed E-state index contributed by atoms with van der Waals surface area (Å²) < 4.78 is 24.8. The van der Waals surface area contributed by atoms with Crippen LogP contribution in [0.25, 0.3) is 10.2 Å². The molecule has 1 amide bonds. The quantitative estimate of drug-likeness (QED) is 0.841. The fourth-order valence-corrected chi connectivity index (χ4v) is 3.22. The van der Waals surface area contributed by atoms with Crippen molar-refractivity contribution in [3.05, 3.63) is 23.8 Å². The first-order valence-electron chi connectivity index (χ1n) is 6.13. The second-order valence-electron chi connectivity index (χ2n) is 4.57. The molecule has 9 heteroatoms. The lowest BCUT2D eigenvalue weighted by atomic mass is 10.2. The highest BCUT2D eigenvalue weighted by Gasteiger charge is 2.19. The lowest BCUT2D eigenvalue weighted by molar-refractivity contribution is -0.116. The van der Waals surface area contributed by atoms with E-state index in [0.29, 0.717) is 5.13 Å². The standard InChI is InChI=1S/C12H16N4O3S2/c1-8-3-4-9-10(5-8)20-12(14-9)15-11(17)6-16(2)21(18,19)7-13/h3-5H,6-7,13H2,1-2H3,(H,14,15,17). The van der Waals surface area contributed by atoms with E-state index < -0.39 is 21.8 Å². The molecule has 0 saturated heterocycles. The molecule has 0 radical (unpaired) electrons. The Bertz CT molecular complexity index is 770. The van der Waals surface area contributed by atoms with E-state index >= 15 is 0 Å². The average Bonchev–Trinajstić information content (AvgIpc) is 2.79. The minimum atomic E-state index is -3.58. The second kappa shape index (κ2) is 6.06. The number of anilines is 1. The summed E-state index contributed by atoms with van der Waals surface area (Å²) in [4.78, 5) is 16.1. The van der Waals surface area contributed by atoms with E-state index in [-0.39, 0.29) is 6.54 Å². The van der Waals surface area contributed by atoms with Crippen LogP contribution in [0.5, 0.6) is 0 Å². The summed E-state index contributed by atoms with van der Waals surface area (Å²) in [6, 6.07) is 5.80. The molecule has 0 aliphatic rings. The van der Waals surface area contributed by atoms with Crippen LogP contribution in [0.4, 0.5) is 5.13 Å². The number of sulfonamides is 1. The molecule has 1 aromatic heterocycles. The lowest BCUT2D eigenvalue weighted by Gasteiger charge is -2.14. The highest BCUT2D eigenvalue weighted by atomic mass is 32.2. The molecule has 0 aliphatic heterocycles. The summed E-state index contributed by atoms with van der Waals surface area (Å²) in [6.45, 7) is 1.68. The third-order valence-electron chi connectivity index (χ3n) is 2.84. The lowest BCUT2D eigenvalue weighted by Crippen LogP contribution is -2.38. The second-order valence-corrected chi connectivity index (χ2v) is 7.72. The molecular weight excluding hydrogens is 312 g/mol. The minimum absolute atomic E-state index is 0.297. The molecule has 0 atom stereocenters. The van der Waals surface area contributed by atoms with Crippen molar-refractivity contribution in [1.29, 1.82) is 0 Å². The van der Waals surface area contributed by atoms with Crippen LogP contribution in [0.3, 0.4) is 0 Å². The van der Waals surface area contributed by atoms with Crippen molar-refractivity contribution in [3.63, 3.8) is 0 Å². The number of nitrogens with two attached hydrogens (primary N) is 1. The number of carbonyl (C=O) groups is 1. The molecule has 2 rings (SSSR count). The zero-order valence-corrected chi connectivity index (χ0v) is 13.3. The van der Waals surface area contributed by atoms with Crippen LogP contribution in [0, 0.1) is 6.92 Å². The van der Waals surface area contributed by atoms with E-state index in [2.05, 4.69) is 10.3 Å². The summed E-state index contributed by atoms with van der Waals surface area (Å²) in [7, 11) is -2.27. The fraction of sp³-hybridized carbons (Fsp3) is 0.333. The van der Waals surface area contributed by atoms with Gasteiger partial charge >= 0.3 is 0 Å². The molecule has 0 bridgehead atoms. The Hall–Kier alpha value is -1.55. The Morgan fingerprint density at radius 2 is 2.19 bits per heavy atom. The summed E-state index contributed by atoms with van der Waals surface area (Å²) in [5, 5.41) is 3.04. The summed E-state index contributed by atoms with van der Waals surface area (Å²) in [6.07, 6.45) is 0. The Morgan fingerprint density at radius 1 is 1.48 bits per heavy atom. The zero-order chi connectivity index (χ0) is 15.6. The zero-order valence-electron chi connectivity index (χ0n) is 11.7. The molecule has 0 aliphatic carbocycles. The molecule has 7 nitrogen and oxygen atoms in total. The first-order valence-corrected chi connectivity index (χ1v) is 8.55. The smallest absolute Gasteiger partial charge is 0.241 e. The predicted molar refractivity (Wildman–Crippen MR) is 83.6 cm³/mol. The number of thiazole rings is 1. The Morgan fingerprint density at radius 3 is 2.86 bits per heavy atom. The number of benzene rings is 1. The number of fused-ring (bicyclic) bond motifs is 1. The summed E-state index contributed by atoms with van der Waals surface area (Å²) >= 11 is 1.34. The van der Waals surface area contributed by atoms with E-state index in [1.165, 1.54) is 18.4 Å². The highest BCUT2D eigenvalue weighted by Crippen LogP contribution is 2.26. The molecule has 114 valence electrons. The molecule has 1 heterocycles. The number of hydrogen-bond acceptors (Lipinski definition) is 6. The highest BCUT2D eigenvalue weighted by molar-refractivity contribution is 7.89. The predicted octanol–water partition coefficient (Wildman–Crippen LogP) is 0.721. The topological polar surface area (TPSA) is 105 Å². The maximum absolute atomic E-state index is 11.8. The van der Waals surface area contributed by atoms with Gasteiger partial charge in [0.1, 0.15) is 5.88 Å². The van der Waals surface area contributed by atoms with Gasteiger partial charge in [0.25, 0.3) is 0 Å². The molecule has 21 heavy (non-hydrogen) atoms. The molecule has 0 fully saturated rings. The van der Waals surface area contributed by atoms with E-state index in [4.69, 9.17) is 5.73 Å². The molecular formula is C12H16N4O3S2. The molecule has 3 N–H and O–H groups in total. The van der Waals surface area contributed by atoms with Crippen molar-refractivity contribution >= 4 is 42.6 Å². The van der Waals surface area contributed by atoms with Gasteiger partial charge in [-0.1, -0.05) is 17.4 Å². The van der Waals surface area contributed by atoms with Gasteiger partial charge in [-0.05, 0) is 24.6 Å². The van der Waals surface area contributed by atoms with Gasteiger partial charge in [-0.25, -0.2) is 13.4 Å². The molecule has 0 saturated carbocycles. The van der Waals surface area contributed by atoms with E-state index in [1.54, 1.807) is 0 Å². The first-order chi connectivity index (χ1) is 9.81. The maximum Gasteiger partial charge on any atom is 0.241 e. The summed E-state index contributed by atoms with van der Waals surface area (Å²) in [5.74, 6) is -0.984. The van der Waals surface area contributed by atoms with Gasteiger partial charge in [-0.3, -0.25) is 4.79 Å². The number of aryl methyl sites for hydroxylation is 1. The average molecular weight is 328 g/mol. The van der Waals surface area contributed by atoms with Crippen LogP contribution in [0.1, 0.15) is 5.56 Å². The van der Waals surface area contributed by atoms with Gasteiger partial charge in [-0.2, -0.15) is 4.31 Å². The Labute approximate surface area is 126 Å². The summed E-state index contributed by atoms with van der Waals surface area (Å²) in [5.41, 5.74) is 7.03. The van der Waals surface area contributed by atoms with Gasteiger partial charge in [0.2, 0.25) is 15.9 Å². The normalized spacial score (nSPS) is 12.0. The van der Waals surface area contributed by atoms with Crippen LogP contribution in [0.2, 0.25) is 0 Å². The number of amides is 1. The molecule has 0 unspecified atom stereocenters. The van der Waals surface area contributed by atoms with Gasteiger partial charge in [0.15, 0.2) is 5.13 Å². The van der Waals surface area contributed by atoms with Crippen LogP contribution >= 0.6 is 11.3 Å². The number of carbonyl (C=O) groups excluding carboxylic acids is 1. The van der Waals surface area contributed by atoms with Crippen molar-refractivity contribution < 1.29 is 13.2 Å². The number of aromatic nitrogens is 1. The largest absolute Gasteiger partial charge is 0.317 e. The van der Waals surface area contributed by atoms with Gasteiger partial charge in [-0.15, -0.1) is 0 Å². The van der Waals surface area contributed by atoms with Crippen molar-refractivity contribution in [2.45, 2.75) is 6.92 Å². The minimum Gasteiger partial charge on any atom is -0.317 e. The van der Waals surface area contributed by atoms with Crippen LogP contribution < -0.4 is 11.1 Å². The van der Waals surface area contributed by atoms with Crippen LogP contribution in [-0.2, 0) is 14.8 Å². The molecule has 1 aromatic carbocycles. The first kappa shape index (κ1) is 15.8. The Balaban J connectivity index is 2.08. The maximum atomic E-state index is 11.8. The third kappa shape index (κ3) is 3.76. The van der Waals surface area contributed by atoms with Crippen molar-refractivity contribution in [3.8, 4) is 0 Å². The number of hydrogen-bond donors (Lipinski definition) is 2. The van der Waals surface area contributed by atoms with Crippen molar-refractivity contribution in [2.24, 2.45) is 5.73 Å². The SMILES string of the molecule is Cc1ccc2nc(NC(=O)CN(C)S(=O)(=O)CN)sc2c1. The van der Waals surface area contributed by atoms with E-state index in [9.17, 15) is 13.2 Å². The number of nitrogens with zero attached hydrogens (tertiary/aromatic N) is 2. The van der Waals surface area contributed by atoms with Gasteiger partial charge < -0.3 is 11.1 Å². The third-order valence-corrected chi connectivity index (χ3v) is 5.28. The van der Waals surface area contributed by atoms with Gasteiger partial charge in [0, 0.05) is 7.05 Å². The molecule has 0 spiro atoms. The number of likely N-dealkylation sites (N-methyl/N-ethyl adjacent to an activating group) is 1.